The smallest absolute Gasteiger partial charge is 0.308 e. The van der Waals surface area contributed by atoms with Crippen molar-refractivity contribution in [1.82, 2.24) is 9.88 Å². The van der Waals surface area contributed by atoms with Gasteiger partial charge in [0, 0.05) is 29.6 Å². The normalized spacial score (nSPS) is 12.5. The summed E-state index contributed by atoms with van der Waals surface area (Å²) in [6.07, 6.45) is 2.00. The number of fused-ring (bicyclic) bond motifs is 1. The van der Waals surface area contributed by atoms with Crippen LogP contribution in [0, 0.1) is 0 Å². The summed E-state index contributed by atoms with van der Waals surface area (Å²) in [6.45, 7) is 1.39. The van der Waals surface area contributed by atoms with Gasteiger partial charge in [0.2, 0.25) is 0 Å². The summed E-state index contributed by atoms with van der Waals surface area (Å²) in [7, 11) is 4.06. The zero-order valence-electron chi connectivity index (χ0n) is 13.8. The second-order valence-electron chi connectivity index (χ2n) is 5.94. The number of aromatic nitrogens is 1. The Morgan fingerprint density at radius 1 is 1.17 bits per heavy atom. The minimum Gasteiger partial charge on any atom is -0.427 e. The molecule has 0 aliphatic heterocycles. The van der Waals surface area contributed by atoms with Crippen LogP contribution in [0.1, 0.15) is 24.1 Å². The first-order chi connectivity index (χ1) is 11.5. The minimum atomic E-state index is -0.324. The molecule has 1 heterocycles. The Bertz CT molecular complexity index is 869. The number of carbonyl (C=O) groups excluding carboxylic acids is 1. The van der Waals surface area contributed by atoms with Crippen LogP contribution in [0.25, 0.3) is 10.9 Å². The van der Waals surface area contributed by atoms with Crippen molar-refractivity contribution in [3.8, 4) is 5.75 Å². The predicted molar refractivity (Wildman–Crippen MR) is 96.6 cm³/mol. The first-order valence-corrected chi connectivity index (χ1v) is 8.05. The Morgan fingerprint density at radius 2 is 1.88 bits per heavy atom. The predicted octanol–water partition coefficient (Wildman–Crippen LogP) is 4.40. The Hall–Kier alpha value is -2.30. The van der Waals surface area contributed by atoms with Crippen LogP contribution in [0.3, 0.4) is 0 Å². The third kappa shape index (κ3) is 3.16. The van der Waals surface area contributed by atoms with Crippen LogP contribution in [0.5, 0.6) is 5.75 Å². The molecule has 0 bridgehead atoms. The van der Waals surface area contributed by atoms with Crippen molar-refractivity contribution in [3.63, 3.8) is 0 Å². The molecule has 0 aliphatic carbocycles. The fourth-order valence-electron chi connectivity index (χ4n) is 3.02. The second kappa shape index (κ2) is 6.67. The Morgan fingerprint density at radius 3 is 2.50 bits per heavy atom. The van der Waals surface area contributed by atoms with Gasteiger partial charge in [-0.05, 0) is 43.9 Å². The SMILES string of the molecule is CC(=O)Oc1ccc(C(c2c[nH]c3cccc(Cl)c23)N(C)C)cc1. The van der Waals surface area contributed by atoms with Gasteiger partial charge in [0.05, 0.1) is 11.1 Å². The van der Waals surface area contributed by atoms with E-state index < -0.39 is 0 Å². The number of hydrogen-bond acceptors (Lipinski definition) is 3. The van der Waals surface area contributed by atoms with E-state index in [1.54, 1.807) is 0 Å². The molecule has 1 N–H and O–H groups in total. The van der Waals surface area contributed by atoms with E-state index in [9.17, 15) is 4.79 Å². The van der Waals surface area contributed by atoms with E-state index in [0.29, 0.717) is 5.75 Å². The number of aromatic amines is 1. The number of carbonyl (C=O) groups is 1. The summed E-state index contributed by atoms with van der Waals surface area (Å²) in [4.78, 5) is 16.5. The average molecular weight is 343 g/mol. The maximum atomic E-state index is 11.1. The molecule has 0 aliphatic rings. The zero-order chi connectivity index (χ0) is 17.3. The van der Waals surface area contributed by atoms with Crippen LogP contribution in [-0.2, 0) is 4.79 Å². The molecule has 4 nitrogen and oxygen atoms in total. The van der Waals surface area contributed by atoms with Gasteiger partial charge in [0.25, 0.3) is 0 Å². The molecule has 1 aromatic heterocycles. The molecular formula is C19H19ClN2O2. The minimum absolute atomic E-state index is 0.0324. The molecule has 3 rings (SSSR count). The largest absolute Gasteiger partial charge is 0.427 e. The van der Waals surface area contributed by atoms with Crippen molar-refractivity contribution < 1.29 is 9.53 Å². The van der Waals surface area contributed by atoms with Crippen molar-refractivity contribution in [2.45, 2.75) is 13.0 Å². The van der Waals surface area contributed by atoms with E-state index in [2.05, 4.69) is 9.88 Å². The number of nitrogens with zero attached hydrogens (tertiary/aromatic N) is 1. The molecule has 5 heteroatoms. The number of ether oxygens (including phenoxy) is 1. The molecule has 0 amide bonds. The highest BCUT2D eigenvalue weighted by Crippen LogP contribution is 2.36. The first kappa shape index (κ1) is 16.6. The van der Waals surface area contributed by atoms with Crippen molar-refractivity contribution in [3.05, 3.63) is 64.8 Å². The van der Waals surface area contributed by atoms with Crippen LogP contribution in [-0.4, -0.2) is 29.9 Å². The Kier molecular flexibility index (Phi) is 4.60. The third-order valence-corrected chi connectivity index (χ3v) is 4.27. The van der Waals surface area contributed by atoms with Gasteiger partial charge in [0.1, 0.15) is 5.75 Å². The van der Waals surface area contributed by atoms with Gasteiger partial charge in [-0.15, -0.1) is 0 Å². The van der Waals surface area contributed by atoms with E-state index in [0.717, 1.165) is 27.1 Å². The quantitative estimate of drug-likeness (QED) is 0.564. The number of H-pyrrole nitrogens is 1. The fourth-order valence-corrected chi connectivity index (χ4v) is 3.30. The molecule has 0 radical (unpaired) electrons. The van der Waals surface area contributed by atoms with Crippen molar-refractivity contribution in [2.24, 2.45) is 0 Å². The van der Waals surface area contributed by atoms with Crippen molar-refractivity contribution in [2.75, 3.05) is 14.1 Å². The Labute approximate surface area is 146 Å². The van der Waals surface area contributed by atoms with Gasteiger partial charge in [-0.1, -0.05) is 29.8 Å². The van der Waals surface area contributed by atoms with Crippen LogP contribution in [0.2, 0.25) is 5.02 Å². The summed E-state index contributed by atoms with van der Waals surface area (Å²) in [6, 6.07) is 13.4. The van der Waals surface area contributed by atoms with Crippen molar-refractivity contribution in [1.29, 1.82) is 0 Å². The molecule has 2 aromatic carbocycles. The maximum Gasteiger partial charge on any atom is 0.308 e. The summed E-state index contributed by atoms with van der Waals surface area (Å²) in [5.74, 6) is 0.219. The molecule has 24 heavy (non-hydrogen) atoms. The first-order valence-electron chi connectivity index (χ1n) is 7.67. The number of hydrogen-bond donors (Lipinski definition) is 1. The molecule has 0 saturated carbocycles. The summed E-state index contributed by atoms with van der Waals surface area (Å²) in [5, 5.41) is 1.76. The lowest BCUT2D eigenvalue weighted by atomic mass is 9.97. The molecule has 1 unspecified atom stereocenters. The third-order valence-electron chi connectivity index (χ3n) is 3.95. The summed E-state index contributed by atoms with van der Waals surface area (Å²) < 4.78 is 5.11. The van der Waals surface area contributed by atoms with Crippen LogP contribution in [0.15, 0.2) is 48.7 Å². The molecule has 124 valence electrons. The van der Waals surface area contributed by atoms with Gasteiger partial charge < -0.3 is 9.72 Å². The Balaban J connectivity index is 2.05. The highest BCUT2D eigenvalue weighted by molar-refractivity contribution is 6.35. The van der Waals surface area contributed by atoms with E-state index in [4.69, 9.17) is 16.3 Å². The highest BCUT2D eigenvalue weighted by Gasteiger charge is 2.21. The molecule has 0 fully saturated rings. The monoisotopic (exact) mass is 342 g/mol. The summed E-state index contributed by atoms with van der Waals surface area (Å²) in [5.41, 5.74) is 3.22. The molecule has 3 aromatic rings. The molecule has 1 atom stereocenters. The summed E-state index contributed by atoms with van der Waals surface area (Å²) >= 11 is 6.43. The van der Waals surface area contributed by atoms with E-state index in [-0.39, 0.29) is 12.0 Å². The van der Waals surface area contributed by atoms with Crippen LogP contribution in [0.4, 0.5) is 0 Å². The number of esters is 1. The lowest BCUT2D eigenvalue weighted by Gasteiger charge is -2.25. The van der Waals surface area contributed by atoms with Gasteiger partial charge in [-0.25, -0.2) is 0 Å². The topological polar surface area (TPSA) is 45.3 Å². The van der Waals surface area contributed by atoms with Crippen molar-refractivity contribution >= 4 is 28.5 Å². The number of halogens is 1. The molecular weight excluding hydrogens is 324 g/mol. The van der Waals surface area contributed by atoms with E-state index in [1.807, 2.05) is 62.8 Å². The van der Waals surface area contributed by atoms with E-state index in [1.165, 1.54) is 6.92 Å². The number of benzene rings is 2. The van der Waals surface area contributed by atoms with Gasteiger partial charge in [-0.2, -0.15) is 0 Å². The lowest BCUT2D eigenvalue weighted by Crippen LogP contribution is -2.20. The standard InChI is InChI=1S/C19H19ClN2O2/c1-12(23)24-14-9-7-13(8-10-14)19(22(2)3)15-11-21-17-6-4-5-16(20)18(15)17/h4-11,19,21H,1-3H3. The molecule has 0 spiro atoms. The van der Waals surface area contributed by atoms with E-state index >= 15 is 0 Å². The van der Waals surface area contributed by atoms with Gasteiger partial charge >= 0.3 is 5.97 Å². The van der Waals surface area contributed by atoms with Gasteiger partial charge in [-0.3, -0.25) is 9.69 Å². The second-order valence-corrected chi connectivity index (χ2v) is 6.34. The number of rotatable bonds is 4. The maximum absolute atomic E-state index is 11.1. The average Bonchev–Trinajstić information content (AvgIpc) is 2.94. The number of nitrogens with one attached hydrogen (secondary N) is 1. The zero-order valence-corrected chi connectivity index (χ0v) is 14.6. The highest BCUT2D eigenvalue weighted by atomic mass is 35.5. The van der Waals surface area contributed by atoms with Gasteiger partial charge in [0.15, 0.2) is 0 Å². The molecule has 0 saturated heterocycles. The van der Waals surface area contributed by atoms with Crippen LogP contribution >= 0.6 is 11.6 Å². The fraction of sp³-hybridized carbons (Fsp3) is 0.211. The van der Waals surface area contributed by atoms with Crippen LogP contribution < -0.4 is 4.74 Å². The lowest BCUT2D eigenvalue weighted by molar-refractivity contribution is -0.131.